The minimum Gasteiger partial charge on any atom is -0.345 e. The molecule has 0 spiro atoms. The van der Waals surface area contributed by atoms with E-state index in [4.69, 9.17) is 0 Å². The van der Waals surface area contributed by atoms with Gasteiger partial charge in [0.15, 0.2) is 0 Å². The van der Waals surface area contributed by atoms with Crippen LogP contribution in [-0.4, -0.2) is 5.91 Å². The molecule has 20 heavy (non-hydrogen) atoms. The molecule has 1 aliphatic rings. The molecule has 2 nitrogen and oxygen atoms in total. The van der Waals surface area contributed by atoms with Crippen molar-refractivity contribution in [2.75, 3.05) is 0 Å². The summed E-state index contributed by atoms with van der Waals surface area (Å²) in [5.74, 6) is -0.0446. The first kappa shape index (κ1) is 14.2. The van der Waals surface area contributed by atoms with Gasteiger partial charge in [-0.3, -0.25) is 4.79 Å². The fourth-order valence-corrected chi connectivity index (χ4v) is 4.18. The number of halogens is 1. The SMILES string of the molecule is O=C(NC1CCCc2sccc21)c1cc(S)ccc1Br. The standard InChI is InChI=1S/C15H14BrNOS2/c16-12-5-4-9(19)8-11(12)15(18)17-13-2-1-3-14-10(13)6-7-20-14/h4-8,13,19H,1-3H2,(H,17,18). The highest BCUT2D eigenvalue weighted by Crippen LogP contribution is 2.33. The number of thiophene rings is 1. The molecule has 1 aromatic carbocycles. The third-order valence-electron chi connectivity index (χ3n) is 3.55. The van der Waals surface area contributed by atoms with Gasteiger partial charge in [-0.25, -0.2) is 0 Å². The maximum Gasteiger partial charge on any atom is 0.252 e. The van der Waals surface area contributed by atoms with Crippen LogP contribution in [0.2, 0.25) is 0 Å². The second kappa shape index (κ2) is 5.92. The summed E-state index contributed by atoms with van der Waals surface area (Å²) in [4.78, 5) is 14.6. The average molecular weight is 368 g/mol. The number of hydrogen-bond donors (Lipinski definition) is 2. The van der Waals surface area contributed by atoms with Gasteiger partial charge < -0.3 is 5.32 Å². The lowest BCUT2D eigenvalue weighted by molar-refractivity contribution is 0.0932. The first-order valence-electron chi connectivity index (χ1n) is 6.51. The van der Waals surface area contributed by atoms with Crippen molar-refractivity contribution >= 4 is 45.8 Å². The molecule has 0 radical (unpaired) electrons. The van der Waals surface area contributed by atoms with Gasteiger partial charge in [0.05, 0.1) is 11.6 Å². The zero-order chi connectivity index (χ0) is 14.1. The summed E-state index contributed by atoms with van der Waals surface area (Å²) < 4.78 is 0.800. The van der Waals surface area contributed by atoms with Gasteiger partial charge in [-0.15, -0.1) is 24.0 Å². The Balaban J connectivity index is 1.82. The highest BCUT2D eigenvalue weighted by Gasteiger charge is 2.23. The van der Waals surface area contributed by atoms with Crippen molar-refractivity contribution in [1.29, 1.82) is 0 Å². The number of aryl methyl sites for hydroxylation is 1. The van der Waals surface area contributed by atoms with Crippen molar-refractivity contribution in [3.63, 3.8) is 0 Å². The monoisotopic (exact) mass is 367 g/mol. The second-order valence-electron chi connectivity index (χ2n) is 4.88. The average Bonchev–Trinajstić information content (AvgIpc) is 2.91. The van der Waals surface area contributed by atoms with Gasteiger partial charge in [-0.1, -0.05) is 0 Å². The summed E-state index contributed by atoms with van der Waals surface area (Å²) in [6, 6.07) is 7.78. The van der Waals surface area contributed by atoms with Crippen LogP contribution in [0, 0.1) is 0 Å². The van der Waals surface area contributed by atoms with Crippen LogP contribution in [0.4, 0.5) is 0 Å². The van der Waals surface area contributed by atoms with E-state index in [9.17, 15) is 4.79 Å². The van der Waals surface area contributed by atoms with Crippen LogP contribution < -0.4 is 5.32 Å². The largest absolute Gasteiger partial charge is 0.345 e. The van der Waals surface area contributed by atoms with Crippen molar-refractivity contribution in [3.05, 3.63) is 50.1 Å². The maximum atomic E-state index is 12.4. The molecule has 1 aliphatic carbocycles. The molecule has 104 valence electrons. The lowest BCUT2D eigenvalue weighted by Crippen LogP contribution is -2.30. The van der Waals surface area contributed by atoms with Crippen LogP contribution in [0.1, 0.15) is 39.7 Å². The molecule has 0 bridgehead atoms. The van der Waals surface area contributed by atoms with Crippen molar-refractivity contribution in [2.45, 2.75) is 30.2 Å². The summed E-state index contributed by atoms with van der Waals surface area (Å²) in [7, 11) is 0. The van der Waals surface area contributed by atoms with Crippen LogP contribution in [0.15, 0.2) is 39.0 Å². The molecule has 1 unspecified atom stereocenters. The van der Waals surface area contributed by atoms with E-state index in [2.05, 4.69) is 45.3 Å². The van der Waals surface area contributed by atoms with Gasteiger partial charge in [0.1, 0.15) is 0 Å². The number of amides is 1. The molecule has 3 rings (SSSR count). The van der Waals surface area contributed by atoms with Gasteiger partial charge in [-0.05, 0) is 70.4 Å². The Morgan fingerprint density at radius 3 is 3.10 bits per heavy atom. The Kier molecular flexibility index (Phi) is 4.19. The Morgan fingerprint density at radius 2 is 2.25 bits per heavy atom. The molecule has 2 aromatic rings. The van der Waals surface area contributed by atoms with Crippen molar-refractivity contribution in [1.82, 2.24) is 5.32 Å². The van der Waals surface area contributed by atoms with Crippen LogP contribution in [-0.2, 0) is 6.42 Å². The molecule has 1 atom stereocenters. The Morgan fingerprint density at radius 1 is 1.40 bits per heavy atom. The minimum absolute atomic E-state index is 0.0446. The van der Waals surface area contributed by atoms with E-state index in [1.165, 1.54) is 10.4 Å². The van der Waals surface area contributed by atoms with Gasteiger partial charge in [0.2, 0.25) is 0 Å². The zero-order valence-electron chi connectivity index (χ0n) is 10.7. The topological polar surface area (TPSA) is 29.1 Å². The number of carbonyl (C=O) groups excluding carboxylic acids is 1. The summed E-state index contributed by atoms with van der Waals surface area (Å²) >= 11 is 9.51. The number of thiol groups is 1. The lowest BCUT2D eigenvalue weighted by Gasteiger charge is -2.24. The molecule has 1 heterocycles. The molecule has 0 fully saturated rings. The zero-order valence-corrected chi connectivity index (χ0v) is 14.0. The predicted molar refractivity (Wildman–Crippen MR) is 88.9 cm³/mol. The van der Waals surface area contributed by atoms with E-state index in [-0.39, 0.29) is 11.9 Å². The molecule has 0 aliphatic heterocycles. The van der Waals surface area contributed by atoms with Gasteiger partial charge in [0, 0.05) is 14.2 Å². The van der Waals surface area contributed by atoms with Gasteiger partial charge >= 0.3 is 0 Å². The van der Waals surface area contributed by atoms with E-state index in [0.717, 1.165) is 28.6 Å². The normalized spacial score (nSPS) is 17.6. The third-order valence-corrected chi connectivity index (χ3v) is 5.52. The summed E-state index contributed by atoms with van der Waals surface area (Å²) in [6.07, 6.45) is 3.27. The number of carbonyl (C=O) groups is 1. The van der Waals surface area contributed by atoms with E-state index in [1.807, 2.05) is 12.1 Å². The second-order valence-corrected chi connectivity index (χ2v) is 7.25. The molecular weight excluding hydrogens is 354 g/mol. The fourth-order valence-electron chi connectivity index (χ4n) is 2.56. The summed E-state index contributed by atoms with van der Waals surface area (Å²) in [6.45, 7) is 0. The van der Waals surface area contributed by atoms with Crippen LogP contribution in [0.25, 0.3) is 0 Å². The quantitative estimate of drug-likeness (QED) is 0.745. The van der Waals surface area contributed by atoms with Crippen molar-refractivity contribution < 1.29 is 4.79 Å². The first-order valence-corrected chi connectivity index (χ1v) is 8.63. The van der Waals surface area contributed by atoms with Crippen LogP contribution >= 0.6 is 39.9 Å². The summed E-state index contributed by atoms with van der Waals surface area (Å²) in [5.41, 5.74) is 1.92. The minimum atomic E-state index is -0.0446. The number of benzene rings is 1. The third kappa shape index (κ3) is 2.80. The van der Waals surface area contributed by atoms with Gasteiger partial charge in [0.25, 0.3) is 5.91 Å². The fraction of sp³-hybridized carbons (Fsp3) is 0.267. The van der Waals surface area contributed by atoms with Crippen LogP contribution in [0.5, 0.6) is 0 Å². The molecule has 0 saturated carbocycles. The lowest BCUT2D eigenvalue weighted by atomic mass is 9.94. The van der Waals surface area contributed by atoms with E-state index in [1.54, 1.807) is 17.4 Å². The molecule has 1 aromatic heterocycles. The molecule has 5 heteroatoms. The molecule has 0 saturated heterocycles. The molecular formula is C15H14BrNOS2. The maximum absolute atomic E-state index is 12.4. The van der Waals surface area contributed by atoms with E-state index >= 15 is 0 Å². The molecule has 1 amide bonds. The van der Waals surface area contributed by atoms with E-state index in [0.29, 0.717) is 5.56 Å². The Bertz CT molecular complexity index is 653. The number of rotatable bonds is 2. The first-order chi connectivity index (χ1) is 9.65. The highest BCUT2D eigenvalue weighted by atomic mass is 79.9. The van der Waals surface area contributed by atoms with Crippen molar-refractivity contribution in [2.24, 2.45) is 0 Å². The number of fused-ring (bicyclic) bond motifs is 1. The smallest absolute Gasteiger partial charge is 0.252 e. The van der Waals surface area contributed by atoms with E-state index < -0.39 is 0 Å². The molecule has 1 N–H and O–H groups in total. The van der Waals surface area contributed by atoms with Crippen LogP contribution in [0.3, 0.4) is 0 Å². The number of hydrogen-bond acceptors (Lipinski definition) is 3. The number of nitrogens with one attached hydrogen (secondary N) is 1. The van der Waals surface area contributed by atoms with Gasteiger partial charge in [-0.2, -0.15) is 0 Å². The highest BCUT2D eigenvalue weighted by molar-refractivity contribution is 9.10. The Hall–Kier alpha value is -0.780. The predicted octanol–water partition coefficient (Wildman–Crippen LogP) is 4.61. The Labute approximate surface area is 136 Å². The summed E-state index contributed by atoms with van der Waals surface area (Å²) in [5, 5.41) is 5.26. The van der Waals surface area contributed by atoms with Crippen molar-refractivity contribution in [3.8, 4) is 0 Å².